The van der Waals surface area contributed by atoms with Crippen molar-refractivity contribution in [2.45, 2.75) is 36.0 Å². The van der Waals surface area contributed by atoms with Gasteiger partial charge in [-0.1, -0.05) is 36.0 Å². The van der Waals surface area contributed by atoms with E-state index in [1.165, 1.54) is 0 Å². The molecule has 1 aliphatic rings. The van der Waals surface area contributed by atoms with E-state index in [1.54, 1.807) is 23.1 Å². The number of thiazole rings is 1. The monoisotopic (exact) mass is 480 g/mol. The number of amides is 1. The molecule has 2 aromatic carbocycles. The van der Waals surface area contributed by atoms with Gasteiger partial charge in [-0.15, -0.1) is 11.3 Å². The molecular weight excluding hydrogens is 456 g/mol. The molecule has 5 rings (SSSR count). The lowest BCUT2D eigenvalue weighted by Crippen LogP contribution is -2.16. The van der Waals surface area contributed by atoms with Gasteiger partial charge in [0, 0.05) is 46.1 Å². The Hall–Kier alpha value is -2.81. The van der Waals surface area contributed by atoms with Crippen LogP contribution < -0.4 is 10.1 Å². The lowest BCUT2D eigenvalue weighted by atomic mass is 10.1. The number of rotatable bonds is 8. The van der Waals surface area contributed by atoms with Gasteiger partial charge in [-0.3, -0.25) is 4.79 Å². The third kappa shape index (κ3) is 5.24. The molecule has 6 nitrogen and oxygen atoms in total. The first-order valence-corrected chi connectivity index (χ1v) is 12.7. The minimum atomic E-state index is -0.284. The second-order valence-corrected chi connectivity index (χ2v) is 9.96. The SMILES string of the molecule is Cc1csc(SCc2c(C(=O)Nc3cccc(OCC4CCCO4)c3)oc3ccccc23)n1. The molecule has 4 aromatic rings. The van der Waals surface area contributed by atoms with Crippen LogP contribution in [0.15, 0.2) is 62.7 Å². The van der Waals surface area contributed by atoms with Crippen molar-refractivity contribution in [3.05, 3.63) is 70.9 Å². The Morgan fingerprint density at radius 1 is 1.27 bits per heavy atom. The molecule has 8 heteroatoms. The van der Waals surface area contributed by atoms with Crippen molar-refractivity contribution in [3.63, 3.8) is 0 Å². The summed E-state index contributed by atoms with van der Waals surface area (Å²) >= 11 is 3.22. The van der Waals surface area contributed by atoms with E-state index >= 15 is 0 Å². The Morgan fingerprint density at radius 3 is 3.00 bits per heavy atom. The smallest absolute Gasteiger partial charge is 0.291 e. The van der Waals surface area contributed by atoms with Gasteiger partial charge in [-0.25, -0.2) is 4.98 Å². The van der Waals surface area contributed by atoms with E-state index in [1.807, 2.05) is 60.8 Å². The van der Waals surface area contributed by atoms with Gasteiger partial charge in [0.2, 0.25) is 0 Å². The predicted octanol–water partition coefficient (Wildman–Crippen LogP) is 6.30. The Bertz CT molecular complexity index is 1260. The number of ether oxygens (including phenoxy) is 2. The molecule has 2 aromatic heterocycles. The van der Waals surface area contributed by atoms with Gasteiger partial charge in [0.1, 0.15) is 22.3 Å². The molecule has 1 aliphatic heterocycles. The summed E-state index contributed by atoms with van der Waals surface area (Å²) in [6.07, 6.45) is 2.23. The van der Waals surface area contributed by atoms with Crippen LogP contribution in [0.1, 0.15) is 34.7 Å². The first kappa shape index (κ1) is 22.0. The topological polar surface area (TPSA) is 73.6 Å². The highest BCUT2D eigenvalue weighted by atomic mass is 32.2. The number of thioether (sulfide) groups is 1. The quantitative estimate of drug-likeness (QED) is 0.298. The summed E-state index contributed by atoms with van der Waals surface area (Å²) in [5.41, 5.74) is 3.22. The van der Waals surface area contributed by atoms with Gasteiger partial charge in [0.25, 0.3) is 5.91 Å². The van der Waals surface area contributed by atoms with E-state index in [-0.39, 0.29) is 12.0 Å². The summed E-state index contributed by atoms with van der Waals surface area (Å²) in [6.45, 7) is 3.29. The molecule has 0 bridgehead atoms. The van der Waals surface area contributed by atoms with Gasteiger partial charge < -0.3 is 19.2 Å². The number of aromatic nitrogens is 1. The van der Waals surface area contributed by atoms with E-state index in [0.29, 0.717) is 35.1 Å². The molecule has 1 N–H and O–H groups in total. The van der Waals surface area contributed by atoms with Gasteiger partial charge in [-0.2, -0.15) is 0 Å². The number of carbonyl (C=O) groups excluding carboxylic acids is 1. The summed E-state index contributed by atoms with van der Waals surface area (Å²) in [5.74, 6) is 1.33. The number of nitrogens with one attached hydrogen (secondary N) is 1. The average Bonchev–Trinajstić information content (AvgIpc) is 3.56. The van der Waals surface area contributed by atoms with Crippen LogP contribution in [0.5, 0.6) is 5.75 Å². The summed E-state index contributed by atoms with van der Waals surface area (Å²) in [6, 6.07) is 15.1. The molecule has 1 saturated heterocycles. The number of benzene rings is 2. The van der Waals surface area contributed by atoms with Crippen LogP contribution in [0.25, 0.3) is 11.0 Å². The number of aryl methyl sites for hydroxylation is 1. The van der Waals surface area contributed by atoms with E-state index in [4.69, 9.17) is 13.9 Å². The molecule has 3 heterocycles. The van der Waals surface area contributed by atoms with Gasteiger partial charge >= 0.3 is 0 Å². The fourth-order valence-electron chi connectivity index (χ4n) is 3.77. The molecule has 1 fully saturated rings. The third-order valence-electron chi connectivity index (χ3n) is 5.39. The summed E-state index contributed by atoms with van der Waals surface area (Å²) in [4.78, 5) is 17.7. The molecule has 33 heavy (non-hydrogen) atoms. The normalized spacial score (nSPS) is 15.7. The Balaban J connectivity index is 1.33. The Kier molecular flexibility index (Phi) is 6.66. The number of nitrogens with zero attached hydrogens (tertiary/aromatic N) is 1. The fraction of sp³-hybridized carbons (Fsp3) is 0.280. The van der Waals surface area contributed by atoms with Crippen LogP contribution in [0.4, 0.5) is 5.69 Å². The predicted molar refractivity (Wildman–Crippen MR) is 131 cm³/mol. The number of furan rings is 1. The van der Waals surface area contributed by atoms with E-state index in [0.717, 1.165) is 40.4 Å². The van der Waals surface area contributed by atoms with Crippen molar-refractivity contribution < 1.29 is 18.7 Å². The maximum absolute atomic E-state index is 13.2. The number of fused-ring (bicyclic) bond motifs is 1. The van der Waals surface area contributed by atoms with Crippen LogP contribution in [0.2, 0.25) is 0 Å². The zero-order valence-electron chi connectivity index (χ0n) is 18.2. The van der Waals surface area contributed by atoms with Gasteiger partial charge in [0.05, 0.1) is 6.10 Å². The van der Waals surface area contributed by atoms with E-state index in [2.05, 4.69) is 10.3 Å². The van der Waals surface area contributed by atoms with Crippen LogP contribution in [0, 0.1) is 6.92 Å². The van der Waals surface area contributed by atoms with Crippen LogP contribution in [-0.2, 0) is 10.5 Å². The lowest BCUT2D eigenvalue weighted by molar-refractivity contribution is 0.0679. The van der Waals surface area contributed by atoms with Crippen molar-refractivity contribution in [1.82, 2.24) is 4.98 Å². The minimum absolute atomic E-state index is 0.139. The summed E-state index contributed by atoms with van der Waals surface area (Å²) in [7, 11) is 0. The van der Waals surface area contributed by atoms with Gasteiger partial charge in [0.15, 0.2) is 5.76 Å². The Morgan fingerprint density at radius 2 is 2.18 bits per heavy atom. The number of carbonyl (C=O) groups is 1. The maximum atomic E-state index is 13.2. The molecule has 1 unspecified atom stereocenters. The van der Waals surface area contributed by atoms with Crippen molar-refractivity contribution in [3.8, 4) is 5.75 Å². The van der Waals surface area contributed by atoms with E-state index < -0.39 is 0 Å². The van der Waals surface area contributed by atoms with Crippen LogP contribution in [0.3, 0.4) is 0 Å². The van der Waals surface area contributed by atoms with Crippen molar-refractivity contribution >= 4 is 45.7 Å². The summed E-state index contributed by atoms with van der Waals surface area (Å²) in [5, 5.41) is 5.93. The molecule has 1 amide bonds. The van der Waals surface area contributed by atoms with E-state index in [9.17, 15) is 4.79 Å². The Labute approximate surface area is 200 Å². The van der Waals surface area contributed by atoms with Crippen molar-refractivity contribution in [1.29, 1.82) is 0 Å². The molecule has 0 spiro atoms. The molecule has 0 saturated carbocycles. The number of hydrogen-bond donors (Lipinski definition) is 1. The van der Waals surface area contributed by atoms with Crippen LogP contribution >= 0.6 is 23.1 Å². The maximum Gasteiger partial charge on any atom is 0.291 e. The number of hydrogen-bond acceptors (Lipinski definition) is 7. The highest BCUT2D eigenvalue weighted by Crippen LogP contribution is 2.33. The molecule has 0 radical (unpaired) electrons. The zero-order valence-corrected chi connectivity index (χ0v) is 19.8. The molecular formula is C25H24N2O4S2. The largest absolute Gasteiger partial charge is 0.491 e. The van der Waals surface area contributed by atoms with Crippen LogP contribution in [-0.4, -0.2) is 30.2 Å². The highest BCUT2D eigenvalue weighted by Gasteiger charge is 2.21. The van der Waals surface area contributed by atoms with Gasteiger partial charge in [-0.05, 0) is 38.0 Å². The third-order valence-corrected chi connectivity index (χ3v) is 7.56. The minimum Gasteiger partial charge on any atom is -0.491 e. The zero-order chi connectivity index (χ0) is 22.6. The second-order valence-electron chi connectivity index (χ2n) is 7.88. The van der Waals surface area contributed by atoms with Crippen molar-refractivity contribution in [2.75, 3.05) is 18.5 Å². The fourth-order valence-corrected chi connectivity index (χ4v) is 5.65. The standard InChI is InChI=1S/C25H24N2O4S2/c1-16-14-32-25(26-16)33-15-21-20-9-2-3-10-22(20)31-23(21)24(28)27-17-6-4-7-18(12-17)30-13-19-8-5-11-29-19/h2-4,6-7,9-10,12,14,19H,5,8,11,13,15H2,1H3,(H,27,28). The molecule has 170 valence electrons. The first-order valence-electron chi connectivity index (χ1n) is 10.9. The second kappa shape index (κ2) is 9.99. The number of anilines is 1. The first-order chi connectivity index (χ1) is 16.2. The molecule has 1 atom stereocenters. The number of para-hydroxylation sites is 1. The average molecular weight is 481 g/mol. The highest BCUT2D eigenvalue weighted by molar-refractivity contribution is 8.00. The summed E-state index contributed by atoms with van der Waals surface area (Å²) < 4.78 is 18.4. The molecule has 0 aliphatic carbocycles. The van der Waals surface area contributed by atoms with Crippen molar-refractivity contribution in [2.24, 2.45) is 0 Å². The lowest BCUT2D eigenvalue weighted by Gasteiger charge is -2.12.